The summed E-state index contributed by atoms with van der Waals surface area (Å²) in [7, 11) is 1.69. The van der Waals surface area contributed by atoms with Gasteiger partial charge >= 0.3 is 0 Å². The Labute approximate surface area is 165 Å². The minimum Gasteiger partial charge on any atom is -0.497 e. The van der Waals surface area contributed by atoms with Gasteiger partial charge in [0.15, 0.2) is 5.78 Å². The molecule has 0 spiro atoms. The summed E-state index contributed by atoms with van der Waals surface area (Å²) in [5, 5.41) is 1.02. The molecular formula is C23H27N3O2. The lowest BCUT2D eigenvalue weighted by Gasteiger charge is -2.38. The van der Waals surface area contributed by atoms with Crippen molar-refractivity contribution in [3.05, 3.63) is 59.8 Å². The number of Topliss-reactive ketones (excluding diaryl/α,β-unsaturated/α-hetero) is 1. The number of ketones is 1. The van der Waals surface area contributed by atoms with Crippen molar-refractivity contribution >= 4 is 22.4 Å². The van der Waals surface area contributed by atoms with Gasteiger partial charge in [-0.15, -0.1) is 0 Å². The van der Waals surface area contributed by atoms with Crippen molar-refractivity contribution in [3.63, 3.8) is 0 Å². The van der Waals surface area contributed by atoms with Gasteiger partial charge in [0.05, 0.1) is 13.2 Å². The van der Waals surface area contributed by atoms with Crippen LogP contribution in [-0.4, -0.2) is 55.0 Å². The molecule has 2 heterocycles. The van der Waals surface area contributed by atoms with Gasteiger partial charge in [-0.25, -0.2) is 0 Å². The van der Waals surface area contributed by atoms with Gasteiger partial charge < -0.3 is 14.6 Å². The Bertz CT molecular complexity index is 986. The van der Waals surface area contributed by atoms with Crippen molar-refractivity contribution in [1.82, 2.24) is 9.88 Å². The zero-order chi connectivity index (χ0) is 19.7. The molecule has 3 aromatic rings. The van der Waals surface area contributed by atoms with E-state index in [1.54, 1.807) is 7.11 Å². The van der Waals surface area contributed by atoms with E-state index in [1.807, 2.05) is 50.2 Å². The van der Waals surface area contributed by atoms with E-state index in [0.717, 1.165) is 54.1 Å². The number of anilines is 1. The van der Waals surface area contributed by atoms with Crippen LogP contribution in [0.4, 0.5) is 5.69 Å². The molecule has 1 saturated heterocycles. The van der Waals surface area contributed by atoms with Gasteiger partial charge in [-0.1, -0.05) is 24.3 Å². The second kappa shape index (κ2) is 7.68. The summed E-state index contributed by atoms with van der Waals surface area (Å²) in [5.74, 6) is 1.07. The third-order valence-corrected chi connectivity index (χ3v) is 5.80. The average molecular weight is 377 g/mol. The van der Waals surface area contributed by atoms with Gasteiger partial charge in [0, 0.05) is 60.1 Å². The molecule has 0 bridgehead atoms. The summed E-state index contributed by atoms with van der Waals surface area (Å²) >= 11 is 0. The normalized spacial score (nSPS) is 16.3. The van der Waals surface area contributed by atoms with Crippen LogP contribution in [0.15, 0.2) is 48.5 Å². The first-order chi connectivity index (χ1) is 13.6. The van der Waals surface area contributed by atoms with Crippen LogP contribution in [0.5, 0.6) is 5.75 Å². The number of aromatic amines is 1. The van der Waals surface area contributed by atoms with Gasteiger partial charge in [0.2, 0.25) is 0 Å². The fourth-order valence-corrected chi connectivity index (χ4v) is 4.14. The summed E-state index contributed by atoms with van der Waals surface area (Å²) in [4.78, 5) is 21.3. The number of aromatic nitrogens is 1. The summed E-state index contributed by atoms with van der Waals surface area (Å²) in [5.41, 5.74) is 3.98. The zero-order valence-electron chi connectivity index (χ0n) is 16.7. The predicted octanol–water partition coefficient (Wildman–Crippen LogP) is 3.88. The van der Waals surface area contributed by atoms with Crippen LogP contribution in [0, 0.1) is 6.92 Å². The number of aryl methyl sites for hydroxylation is 1. The lowest BCUT2D eigenvalue weighted by Crippen LogP contribution is -2.51. The maximum Gasteiger partial charge on any atom is 0.182 e. The van der Waals surface area contributed by atoms with E-state index in [-0.39, 0.29) is 11.8 Å². The number of nitrogens with one attached hydrogen (secondary N) is 1. The molecule has 0 unspecified atom stereocenters. The molecule has 4 rings (SSSR count). The van der Waals surface area contributed by atoms with Gasteiger partial charge in [-0.3, -0.25) is 9.69 Å². The largest absolute Gasteiger partial charge is 0.497 e. The molecule has 1 N–H and O–H groups in total. The fourth-order valence-electron chi connectivity index (χ4n) is 4.14. The number of benzene rings is 2. The summed E-state index contributed by atoms with van der Waals surface area (Å²) in [6.45, 7) is 7.55. The number of piperazine rings is 1. The van der Waals surface area contributed by atoms with E-state index in [0.29, 0.717) is 0 Å². The van der Waals surface area contributed by atoms with Crippen LogP contribution >= 0.6 is 0 Å². The Balaban J connectivity index is 1.47. The molecule has 1 atom stereocenters. The van der Waals surface area contributed by atoms with Crippen molar-refractivity contribution in [1.29, 1.82) is 0 Å². The first-order valence-electron chi connectivity index (χ1n) is 9.83. The summed E-state index contributed by atoms with van der Waals surface area (Å²) < 4.78 is 5.34. The van der Waals surface area contributed by atoms with E-state index in [4.69, 9.17) is 4.74 Å². The SMILES string of the molecule is COc1cccc(N2CCN([C@H](C)C(=O)c3c(C)[nH]c4ccccc34)CC2)c1. The molecule has 1 aliphatic rings. The number of hydrogen-bond donors (Lipinski definition) is 1. The van der Waals surface area contributed by atoms with Crippen LogP contribution < -0.4 is 9.64 Å². The van der Waals surface area contributed by atoms with Crippen LogP contribution in [0.25, 0.3) is 10.9 Å². The predicted molar refractivity (Wildman–Crippen MR) is 114 cm³/mol. The topological polar surface area (TPSA) is 48.6 Å². The highest BCUT2D eigenvalue weighted by Gasteiger charge is 2.28. The number of ether oxygens (including phenoxy) is 1. The molecule has 0 aliphatic carbocycles. The lowest BCUT2D eigenvalue weighted by molar-refractivity contribution is 0.0831. The lowest BCUT2D eigenvalue weighted by atomic mass is 10.0. The number of carbonyl (C=O) groups is 1. The molecule has 1 fully saturated rings. The standard InChI is InChI=1S/C23H27N3O2/c1-16-22(20-9-4-5-10-21(20)24-16)23(27)17(2)25-11-13-26(14-12-25)18-7-6-8-19(15-18)28-3/h4-10,15,17,24H,11-14H2,1-3H3/t17-/m1/s1. The Morgan fingerprint density at radius 3 is 2.57 bits per heavy atom. The molecule has 2 aromatic carbocycles. The number of rotatable bonds is 5. The molecule has 5 nitrogen and oxygen atoms in total. The maximum atomic E-state index is 13.3. The second-order valence-corrected chi connectivity index (χ2v) is 7.44. The molecule has 5 heteroatoms. The van der Waals surface area contributed by atoms with Gasteiger partial charge in [0.1, 0.15) is 5.75 Å². The highest BCUT2D eigenvalue weighted by molar-refractivity contribution is 6.11. The van der Waals surface area contributed by atoms with Crippen molar-refractivity contribution in [2.24, 2.45) is 0 Å². The van der Waals surface area contributed by atoms with E-state index in [2.05, 4.69) is 26.9 Å². The van der Waals surface area contributed by atoms with Crippen LogP contribution in [0.3, 0.4) is 0 Å². The Morgan fingerprint density at radius 1 is 1.07 bits per heavy atom. The zero-order valence-corrected chi connectivity index (χ0v) is 16.7. The Morgan fingerprint density at radius 2 is 1.82 bits per heavy atom. The highest BCUT2D eigenvalue weighted by atomic mass is 16.5. The van der Waals surface area contributed by atoms with Crippen molar-refractivity contribution in [3.8, 4) is 5.75 Å². The van der Waals surface area contributed by atoms with E-state index in [9.17, 15) is 4.79 Å². The monoisotopic (exact) mass is 377 g/mol. The van der Waals surface area contributed by atoms with Crippen molar-refractivity contribution in [2.45, 2.75) is 19.9 Å². The number of nitrogens with zero attached hydrogens (tertiary/aromatic N) is 2. The number of hydrogen-bond acceptors (Lipinski definition) is 4. The number of carbonyl (C=O) groups excluding carboxylic acids is 1. The Kier molecular flexibility index (Phi) is 5.09. The first kappa shape index (κ1) is 18.6. The maximum absolute atomic E-state index is 13.3. The third-order valence-electron chi connectivity index (χ3n) is 5.80. The molecule has 0 radical (unpaired) electrons. The van der Waals surface area contributed by atoms with Crippen LogP contribution in [-0.2, 0) is 0 Å². The molecule has 1 aliphatic heterocycles. The van der Waals surface area contributed by atoms with Gasteiger partial charge in [-0.05, 0) is 32.0 Å². The molecule has 0 amide bonds. The third kappa shape index (κ3) is 3.38. The first-order valence-corrected chi connectivity index (χ1v) is 9.83. The van der Waals surface area contributed by atoms with Crippen molar-refractivity contribution < 1.29 is 9.53 Å². The fraction of sp³-hybridized carbons (Fsp3) is 0.348. The van der Waals surface area contributed by atoms with Gasteiger partial charge in [0.25, 0.3) is 0 Å². The quantitative estimate of drug-likeness (QED) is 0.686. The highest BCUT2D eigenvalue weighted by Crippen LogP contribution is 2.26. The van der Waals surface area contributed by atoms with Crippen LogP contribution in [0.2, 0.25) is 0 Å². The molecule has 28 heavy (non-hydrogen) atoms. The minimum atomic E-state index is -0.134. The number of H-pyrrole nitrogens is 1. The minimum absolute atomic E-state index is 0.134. The van der Waals surface area contributed by atoms with E-state index < -0.39 is 0 Å². The Hall–Kier alpha value is -2.79. The summed E-state index contributed by atoms with van der Waals surface area (Å²) in [6, 6.07) is 16.1. The van der Waals surface area contributed by atoms with E-state index in [1.165, 1.54) is 5.69 Å². The van der Waals surface area contributed by atoms with Gasteiger partial charge in [-0.2, -0.15) is 0 Å². The molecular weight excluding hydrogens is 350 g/mol. The number of methoxy groups -OCH3 is 1. The molecule has 0 saturated carbocycles. The molecule has 146 valence electrons. The molecule has 1 aromatic heterocycles. The number of fused-ring (bicyclic) bond motifs is 1. The van der Waals surface area contributed by atoms with Crippen LogP contribution in [0.1, 0.15) is 23.0 Å². The average Bonchev–Trinajstić information content (AvgIpc) is 3.08. The number of para-hydroxylation sites is 1. The summed E-state index contributed by atoms with van der Waals surface area (Å²) in [6.07, 6.45) is 0. The smallest absolute Gasteiger partial charge is 0.182 e. The van der Waals surface area contributed by atoms with E-state index >= 15 is 0 Å². The second-order valence-electron chi connectivity index (χ2n) is 7.44. The van der Waals surface area contributed by atoms with Crippen molar-refractivity contribution in [2.75, 3.05) is 38.2 Å².